The van der Waals surface area contributed by atoms with Gasteiger partial charge in [0.2, 0.25) is 0 Å². The van der Waals surface area contributed by atoms with E-state index in [1.54, 1.807) is 0 Å². The van der Waals surface area contributed by atoms with Gasteiger partial charge in [-0.2, -0.15) is 0 Å². The van der Waals surface area contributed by atoms with E-state index in [0.29, 0.717) is 17.3 Å². The lowest BCUT2D eigenvalue weighted by molar-refractivity contribution is 0.0744. The molecule has 0 saturated carbocycles. The van der Waals surface area contributed by atoms with Gasteiger partial charge in [-0.25, -0.2) is 0 Å². The summed E-state index contributed by atoms with van der Waals surface area (Å²) in [6.45, 7) is 3.99. The molecule has 20 heavy (non-hydrogen) atoms. The van der Waals surface area contributed by atoms with Crippen LogP contribution in [0.15, 0.2) is 24.3 Å². The molecule has 1 amide bonds. The van der Waals surface area contributed by atoms with Crippen molar-refractivity contribution < 1.29 is 4.79 Å². The smallest absolute Gasteiger partial charge is 0.256 e. The van der Waals surface area contributed by atoms with Gasteiger partial charge in [0.25, 0.3) is 5.91 Å². The van der Waals surface area contributed by atoms with Crippen LogP contribution in [0.5, 0.6) is 0 Å². The third-order valence-electron chi connectivity index (χ3n) is 4.40. The van der Waals surface area contributed by atoms with Crippen molar-refractivity contribution in [1.29, 1.82) is 0 Å². The molecule has 2 saturated heterocycles. The molecule has 2 aliphatic heterocycles. The van der Waals surface area contributed by atoms with E-state index in [1.165, 1.54) is 19.4 Å². The van der Waals surface area contributed by atoms with Gasteiger partial charge >= 0.3 is 0 Å². The molecule has 1 atom stereocenters. The molecule has 108 valence electrons. The minimum Gasteiger partial charge on any atom is -0.337 e. The molecule has 1 aromatic rings. The third-order valence-corrected chi connectivity index (χ3v) is 4.40. The first-order valence-electron chi connectivity index (χ1n) is 7.38. The van der Waals surface area contributed by atoms with Gasteiger partial charge in [0, 0.05) is 25.7 Å². The summed E-state index contributed by atoms with van der Waals surface area (Å²) >= 11 is 0. The van der Waals surface area contributed by atoms with Crippen LogP contribution in [0.25, 0.3) is 0 Å². The number of nitrogens with zero attached hydrogens (tertiary/aromatic N) is 2. The number of hydrazine groups is 1. The predicted octanol–water partition coefficient (Wildman–Crippen LogP) is 1.28. The molecule has 5 heteroatoms. The second kappa shape index (κ2) is 5.81. The Hall–Kier alpha value is -1.59. The number of nitrogen functional groups attached to an aromatic ring is 1. The zero-order valence-corrected chi connectivity index (χ0v) is 11.7. The van der Waals surface area contributed by atoms with Gasteiger partial charge in [0.1, 0.15) is 0 Å². The lowest BCUT2D eigenvalue weighted by Gasteiger charge is -2.26. The molecule has 3 N–H and O–H groups in total. The van der Waals surface area contributed by atoms with E-state index in [0.717, 1.165) is 26.1 Å². The fraction of sp³-hybridized carbons (Fsp3) is 0.533. The molecule has 2 aliphatic rings. The quantitative estimate of drug-likeness (QED) is 0.630. The van der Waals surface area contributed by atoms with Gasteiger partial charge in [0.05, 0.1) is 11.3 Å². The highest BCUT2D eigenvalue weighted by atomic mass is 16.2. The average Bonchev–Trinajstić information content (AvgIpc) is 2.83. The van der Waals surface area contributed by atoms with E-state index in [-0.39, 0.29) is 5.91 Å². The molecular weight excluding hydrogens is 252 g/mol. The van der Waals surface area contributed by atoms with E-state index in [4.69, 9.17) is 5.84 Å². The highest BCUT2D eigenvalue weighted by molar-refractivity contribution is 5.99. The maximum Gasteiger partial charge on any atom is 0.256 e. The van der Waals surface area contributed by atoms with Gasteiger partial charge in [-0.3, -0.25) is 15.5 Å². The number of carbonyl (C=O) groups is 1. The average molecular weight is 274 g/mol. The number of hydrogen-bond donors (Lipinski definition) is 2. The van der Waals surface area contributed by atoms with Crippen molar-refractivity contribution >= 4 is 11.6 Å². The summed E-state index contributed by atoms with van der Waals surface area (Å²) in [7, 11) is 0. The Morgan fingerprint density at radius 2 is 2.00 bits per heavy atom. The summed E-state index contributed by atoms with van der Waals surface area (Å²) in [5, 5.41) is 0. The monoisotopic (exact) mass is 274 g/mol. The van der Waals surface area contributed by atoms with Crippen LogP contribution in [0.3, 0.4) is 0 Å². The number of benzene rings is 1. The van der Waals surface area contributed by atoms with Gasteiger partial charge in [0.15, 0.2) is 0 Å². The Kier molecular flexibility index (Phi) is 3.89. The number of para-hydroxylation sites is 1. The van der Waals surface area contributed by atoms with Gasteiger partial charge in [-0.15, -0.1) is 0 Å². The number of fused-ring (bicyclic) bond motifs is 1. The summed E-state index contributed by atoms with van der Waals surface area (Å²) in [5.41, 5.74) is 3.99. The standard InChI is InChI=1S/C15H22N4O/c16-17-14-7-2-1-6-13(14)15(20)19-10-4-9-18-8-3-5-12(18)11-19/h1-2,6-7,12,17H,3-5,8-11,16H2. The van der Waals surface area contributed by atoms with Crippen molar-refractivity contribution in [1.82, 2.24) is 9.80 Å². The molecule has 0 aromatic heterocycles. The Labute approximate surface area is 119 Å². The zero-order chi connectivity index (χ0) is 13.9. The molecule has 0 spiro atoms. The van der Waals surface area contributed by atoms with Gasteiger partial charge < -0.3 is 10.3 Å². The van der Waals surface area contributed by atoms with E-state index in [2.05, 4.69) is 10.3 Å². The van der Waals surface area contributed by atoms with Crippen molar-refractivity contribution in [3.63, 3.8) is 0 Å². The van der Waals surface area contributed by atoms with Crippen LogP contribution in [0.4, 0.5) is 5.69 Å². The molecule has 1 aromatic carbocycles. The minimum atomic E-state index is 0.0901. The highest BCUT2D eigenvalue weighted by Gasteiger charge is 2.31. The summed E-state index contributed by atoms with van der Waals surface area (Å²) in [5.74, 6) is 5.60. The number of anilines is 1. The SMILES string of the molecule is NNc1ccccc1C(=O)N1CCCN2CCCC2C1. The summed E-state index contributed by atoms with van der Waals surface area (Å²) < 4.78 is 0. The number of nitrogens with two attached hydrogens (primary N) is 1. The molecule has 1 unspecified atom stereocenters. The normalized spacial score (nSPS) is 23.2. The first-order chi connectivity index (χ1) is 9.79. The molecule has 5 nitrogen and oxygen atoms in total. The fourth-order valence-electron chi connectivity index (χ4n) is 3.36. The lowest BCUT2D eigenvalue weighted by Crippen LogP contribution is -2.40. The van der Waals surface area contributed by atoms with Crippen LogP contribution < -0.4 is 11.3 Å². The highest BCUT2D eigenvalue weighted by Crippen LogP contribution is 2.23. The van der Waals surface area contributed by atoms with Crippen molar-refractivity contribution in [2.24, 2.45) is 5.84 Å². The molecule has 0 radical (unpaired) electrons. The summed E-state index contributed by atoms with van der Waals surface area (Å²) in [6, 6.07) is 7.99. The topological polar surface area (TPSA) is 61.6 Å². The number of hydrogen-bond acceptors (Lipinski definition) is 4. The van der Waals surface area contributed by atoms with E-state index in [1.807, 2.05) is 29.2 Å². The number of rotatable bonds is 2. The second-order valence-corrected chi connectivity index (χ2v) is 5.63. The lowest BCUT2D eigenvalue weighted by atomic mass is 10.1. The maximum absolute atomic E-state index is 12.7. The van der Waals surface area contributed by atoms with Crippen molar-refractivity contribution in [2.45, 2.75) is 25.3 Å². The first kappa shape index (κ1) is 13.4. The Morgan fingerprint density at radius 1 is 1.20 bits per heavy atom. The second-order valence-electron chi connectivity index (χ2n) is 5.63. The molecule has 3 rings (SSSR count). The minimum absolute atomic E-state index is 0.0901. The Morgan fingerprint density at radius 3 is 2.85 bits per heavy atom. The zero-order valence-electron chi connectivity index (χ0n) is 11.7. The maximum atomic E-state index is 12.7. The number of carbonyl (C=O) groups excluding carboxylic acids is 1. The largest absolute Gasteiger partial charge is 0.337 e. The van der Waals surface area contributed by atoms with Crippen molar-refractivity contribution in [3.8, 4) is 0 Å². The molecule has 2 fully saturated rings. The molecule has 2 heterocycles. The van der Waals surface area contributed by atoms with Crippen LogP contribution in [0, 0.1) is 0 Å². The van der Waals surface area contributed by atoms with Crippen LogP contribution in [0.2, 0.25) is 0 Å². The van der Waals surface area contributed by atoms with Gasteiger partial charge in [-0.1, -0.05) is 12.1 Å². The van der Waals surface area contributed by atoms with Crippen molar-refractivity contribution in [2.75, 3.05) is 31.6 Å². The first-order valence-corrected chi connectivity index (χ1v) is 7.38. The molecule has 0 aliphatic carbocycles. The number of nitrogens with one attached hydrogen (secondary N) is 1. The van der Waals surface area contributed by atoms with Crippen LogP contribution in [0.1, 0.15) is 29.6 Å². The van der Waals surface area contributed by atoms with Crippen LogP contribution in [-0.2, 0) is 0 Å². The Balaban J connectivity index is 1.79. The summed E-state index contributed by atoms with van der Waals surface area (Å²) in [6.07, 6.45) is 3.52. The third kappa shape index (κ3) is 2.51. The van der Waals surface area contributed by atoms with Gasteiger partial charge in [-0.05, 0) is 37.9 Å². The fourth-order valence-corrected chi connectivity index (χ4v) is 3.36. The number of amides is 1. The van der Waals surface area contributed by atoms with Crippen molar-refractivity contribution in [3.05, 3.63) is 29.8 Å². The Bertz CT molecular complexity index is 491. The van der Waals surface area contributed by atoms with Crippen LogP contribution >= 0.6 is 0 Å². The molecular formula is C15H22N4O. The molecule has 0 bridgehead atoms. The predicted molar refractivity (Wildman–Crippen MR) is 79.4 cm³/mol. The van der Waals surface area contributed by atoms with E-state index in [9.17, 15) is 4.79 Å². The van der Waals surface area contributed by atoms with E-state index >= 15 is 0 Å². The summed E-state index contributed by atoms with van der Waals surface area (Å²) in [4.78, 5) is 17.3. The van der Waals surface area contributed by atoms with Crippen LogP contribution in [-0.4, -0.2) is 47.9 Å². The van der Waals surface area contributed by atoms with E-state index < -0.39 is 0 Å².